The summed E-state index contributed by atoms with van der Waals surface area (Å²) in [5, 5.41) is 16.6. The van der Waals surface area contributed by atoms with Crippen LogP contribution in [0.15, 0.2) is 36.5 Å². The number of carbonyl (C=O) groups excluding carboxylic acids is 1. The molecule has 3 rings (SSSR count). The monoisotopic (exact) mass is 327 g/mol. The Morgan fingerprint density at radius 1 is 1.50 bits per heavy atom. The molecule has 0 bridgehead atoms. The number of fused-ring (bicyclic) bond motifs is 1. The summed E-state index contributed by atoms with van der Waals surface area (Å²) in [6.07, 6.45) is 1.14. The standard InChI is InChI=1S/C17H21N5O2/c1-10-5-3-6-12(9-10)15-14(16(18)24)11(2)19-17-20-13(7-4-8-23)21-22(15)17/h3,5-6,9,14-15,23H,2,4,7-8H2,1H3,(H2,18,24)(H,19,20,21)/t14-,15+/m0/s1. The van der Waals surface area contributed by atoms with Gasteiger partial charge in [0.15, 0.2) is 5.82 Å². The highest BCUT2D eigenvalue weighted by atomic mass is 16.3. The molecule has 24 heavy (non-hydrogen) atoms. The number of aryl methyl sites for hydroxylation is 2. The van der Waals surface area contributed by atoms with Crippen LogP contribution >= 0.6 is 0 Å². The second-order valence-corrected chi connectivity index (χ2v) is 6.01. The Morgan fingerprint density at radius 2 is 2.29 bits per heavy atom. The average Bonchev–Trinajstić information content (AvgIpc) is 2.93. The molecule has 126 valence electrons. The highest BCUT2D eigenvalue weighted by molar-refractivity contribution is 5.82. The molecule has 0 saturated heterocycles. The summed E-state index contributed by atoms with van der Waals surface area (Å²) >= 11 is 0. The Balaban J connectivity index is 2.09. The van der Waals surface area contributed by atoms with Crippen molar-refractivity contribution in [1.29, 1.82) is 0 Å². The van der Waals surface area contributed by atoms with E-state index in [1.807, 2.05) is 31.2 Å². The number of hydrogen-bond acceptors (Lipinski definition) is 5. The first-order valence-electron chi connectivity index (χ1n) is 7.89. The lowest BCUT2D eigenvalue weighted by atomic mass is 9.88. The summed E-state index contributed by atoms with van der Waals surface area (Å²) in [5.74, 6) is 0.0721. The number of nitrogens with zero attached hydrogens (tertiary/aromatic N) is 3. The van der Waals surface area contributed by atoms with Gasteiger partial charge in [-0.05, 0) is 18.9 Å². The van der Waals surface area contributed by atoms with Crippen LogP contribution in [-0.2, 0) is 11.2 Å². The zero-order valence-electron chi connectivity index (χ0n) is 13.6. The van der Waals surface area contributed by atoms with Gasteiger partial charge in [-0.15, -0.1) is 0 Å². The minimum atomic E-state index is -0.619. The predicted octanol–water partition coefficient (Wildman–Crippen LogP) is 1.14. The lowest BCUT2D eigenvalue weighted by Gasteiger charge is -2.32. The topological polar surface area (TPSA) is 106 Å². The molecule has 2 heterocycles. The van der Waals surface area contributed by atoms with Crippen molar-refractivity contribution in [2.24, 2.45) is 11.7 Å². The number of amides is 1. The Hall–Kier alpha value is -2.67. The Labute approximate surface area is 140 Å². The first kappa shape index (κ1) is 16.2. The van der Waals surface area contributed by atoms with Crippen molar-refractivity contribution in [2.45, 2.75) is 25.8 Å². The smallest absolute Gasteiger partial charge is 0.229 e. The first-order valence-corrected chi connectivity index (χ1v) is 7.89. The number of carbonyl (C=O) groups is 1. The fourth-order valence-electron chi connectivity index (χ4n) is 3.06. The van der Waals surface area contributed by atoms with Crippen molar-refractivity contribution < 1.29 is 9.90 Å². The molecule has 1 aliphatic heterocycles. The van der Waals surface area contributed by atoms with Crippen molar-refractivity contribution in [3.8, 4) is 0 Å². The molecule has 7 heteroatoms. The van der Waals surface area contributed by atoms with Gasteiger partial charge in [0.05, 0.1) is 6.04 Å². The van der Waals surface area contributed by atoms with Gasteiger partial charge in [0.1, 0.15) is 5.92 Å². The number of anilines is 1. The average molecular weight is 327 g/mol. The van der Waals surface area contributed by atoms with Gasteiger partial charge < -0.3 is 16.2 Å². The summed E-state index contributed by atoms with van der Waals surface area (Å²) in [5.41, 5.74) is 8.17. The van der Waals surface area contributed by atoms with Crippen molar-refractivity contribution in [3.05, 3.63) is 53.5 Å². The van der Waals surface area contributed by atoms with Gasteiger partial charge in [0, 0.05) is 18.7 Å². The van der Waals surface area contributed by atoms with E-state index in [0.29, 0.717) is 30.3 Å². The van der Waals surface area contributed by atoms with E-state index in [1.54, 1.807) is 4.68 Å². The molecule has 1 aromatic heterocycles. The number of nitrogens with two attached hydrogens (primary N) is 1. The molecular formula is C17H21N5O2. The molecule has 4 N–H and O–H groups in total. The van der Waals surface area contributed by atoms with Crippen LogP contribution < -0.4 is 11.1 Å². The van der Waals surface area contributed by atoms with E-state index in [1.165, 1.54) is 0 Å². The molecule has 2 aromatic rings. The third kappa shape index (κ3) is 2.90. The SMILES string of the molecule is C=C1Nc2nc(CCCO)nn2[C@H](c2cccc(C)c2)[C@H]1C(N)=O. The van der Waals surface area contributed by atoms with Gasteiger partial charge >= 0.3 is 0 Å². The lowest BCUT2D eigenvalue weighted by Crippen LogP contribution is -2.40. The zero-order chi connectivity index (χ0) is 17.3. The minimum absolute atomic E-state index is 0.0786. The third-order valence-corrected chi connectivity index (χ3v) is 4.15. The van der Waals surface area contributed by atoms with Crippen LogP contribution in [0.4, 0.5) is 5.95 Å². The van der Waals surface area contributed by atoms with E-state index in [0.717, 1.165) is 11.1 Å². The van der Waals surface area contributed by atoms with Gasteiger partial charge in [-0.25, -0.2) is 4.68 Å². The van der Waals surface area contributed by atoms with Gasteiger partial charge in [-0.3, -0.25) is 4.79 Å². The number of hydrogen-bond donors (Lipinski definition) is 3. The van der Waals surface area contributed by atoms with E-state index >= 15 is 0 Å². The molecule has 0 saturated carbocycles. The summed E-state index contributed by atoms with van der Waals surface area (Å²) in [6, 6.07) is 7.51. The van der Waals surface area contributed by atoms with Crippen LogP contribution in [0.1, 0.15) is 29.4 Å². The van der Waals surface area contributed by atoms with Gasteiger partial charge in [0.2, 0.25) is 11.9 Å². The molecule has 0 spiro atoms. The van der Waals surface area contributed by atoms with Gasteiger partial charge in [0.25, 0.3) is 0 Å². The molecule has 7 nitrogen and oxygen atoms in total. The molecular weight excluding hydrogens is 306 g/mol. The number of aliphatic hydroxyl groups is 1. The second kappa shape index (κ2) is 6.45. The van der Waals surface area contributed by atoms with Crippen molar-refractivity contribution in [2.75, 3.05) is 11.9 Å². The maximum Gasteiger partial charge on any atom is 0.229 e. The Bertz CT molecular complexity index is 783. The normalized spacial score (nSPS) is 19.7. The molecule has 0 unspecified atom stereocenters. The summed E-state index contributed by atoms with van der Waals surface area (Å²) in [4.78, 5) is 16.5. The fraction of sp³-hybridized carbons (Fsp3) is 0.353. The molecule has 1 amide bonds. The van der Waals surface area contributed by atoms with Crippen LogP contribution in [0.5, 0.6) is 0 Å². The summed E-state index contributed by atoms with van der Waals surface area (Å²) in [7, 11) is 0. The van der Waals surface area contributed by atoms with Crippen LogP contribution in [0, 0.1) is 12.8 Å². The largest absolute Gasteiger partial charge is 0.396 e. The van der Waals surface area contributed by atoms with Crippen molar-refractivity contribution in [1.82, 2.24) is 14.8 Å². The molecule has 0 aliphatic carbocycles. The highest BCUT2D eigenvalue weighted by Gasteiger charge is 2.38. The third-order valence-electron chi connectivity index (χ3n) is 4.15. The molecule has 1 aromatic carbocycles. The summed E-state index contributed by atoms with van der Waals surface area (Å²) < 4.78 is 1.70. The predicted molar refractivity (Wildman–Crippen MR) is 90.2 cm³/mol. The number of aromatic nitrogens is 3. The van der Waals surface area contributed by atoms with Gasteiger partial charge in [-0.2, -0.15) is 10.1 Å². The zero-order valence-corrected chi connectivity index (χ0v) is 13.6. The van der Waals surface area contributed by atoms with E-state index in [-0.39, 0.29) is 12.6 Å². The Kier molecular flexibility index (Phi) is 4.35. The highest BCUT2D eigenvalue weighted by Crippen LogP contribution is 2.37. The minimum Gasteiger partial charge on any atom is -0.396 e. The van der Waals surface area contributed by atoms with E-state index in [2.05, 4.69) is 22.0 Å². The van der Waals surface area contributed by atoms with Crippen LogP contribution in [0.3, 0.4) is 0 Å². The molecule has 1 aliphatic rings. The fourth-order valence-corrected chi connectivity index (χ4v) is 3.06. The quantitative estimate of drug-likeness (QED) is 0.763. The lowest BCUT2D eigenvalue weighted by molar-refractivity contribution is -0.121. The second-order valence-electron chi connectivity index (χ2n) is 6.01. The maximum atomic E-state index is 12.0. The number of nitrogens with one attached hydrogen (secondary N) is 1. The van der Waals surface area contributed by atoms with Crippen molar-refractivity contribution in [3.63, 3.8) is 0 Å². The number of benzene rings is 1. The Morgan fingerprint density at radius 3 is 2.96 bits per heavy atom. The van der Waals surface area contributed by atoms with E-state index < -0.39 is 11.8 Å². The molecule has 0 fully saturated rings. The molecule has 2 atom stereocenters. The van der Waals surface area contributed by atoms with Crippen molar-refractivity contribution >= 4 is 11.9 Å². The summed E-state index contributed by atoms with van der Waals surface area (Å²) in [6.45, 7) is 6.02. The van der Waals surface area contributed by atoms with Crippen LogP contribution in [0.2, 0.25) is 0 Å². The van der Waals surface area contributed by atoms with E-state index in [9.17, 15) is 4.79 Å². The number of rotatable bonds is 5. The molecule has 0 radical (unpaired) electrons. The van der Waals surface area contributed by atoms with E-state index in [4.69, 9.17) is 10.8 Å². The number of primary amides is 1. The number of aliphatic hydroxyl groups excluding tert-OH is 1. The maximum absolute atomic E-state index is 12.0. The first-order chi connectivity index (χ1) is 11.5. The van der Waals surface area contributed by atoms with Crippen LogP contribution in [0.25, 0.3) is 0 Å². The van der Waals surface area contributed by atoms with Gasteiger partial charge in [-0.1, -0.05) is 36.4 Å². The van der Waals surface area contributed by atoms with Crippen LogP contribution in [-0.4, -0.2) is 32.4 Å².